The van der Waals surface area contributed by atoms with E-state index in [1.54, 1.807) is 23.3 Å². The van der Waals surface area contributed by atoms with Gasteiger partial charge in [-0.15, -0.1) is 22.7 Å². The molecule has 3 aromatic rings. The van der Waals surface area contributed by atoms with E-state index in [0.29, 0.717) is 4.96 Å². The molecule has 0 saturated carbocycles. The number of sulfonamides is 1. The first-order valence-electron chi connectivity index (χ1n) is 5.41. The van der Waals surface area contributed by atoms with Gasteiger partial charge in [-0.2, -0.15) is 4.98 Å². The molecule has 106 valence electrons. The predicted molar refractivity (Wildman–Crippen MR) is 77.0 cm³/mol. The zero-order valence-corrected chi connectivity index (χ0v) is 12.4. The summed E-state index contributed by atoms with van der Waals surface area (Å²) in [5, 5.41) is 1.76. The molecular weight excluding hydrogens is 320 g/mol. The van der Waals surface area contributed by atoms with Crippen LogP contribution in [0.5, 0.6) is 0 Å². The fourth-order valence-electron chi connectivity index (χ4n) is 1.68. The van der Waals surface area contributed by atoms with Crippen LogP contribution in [0.1, 0.15) is 4.88 Å². The predicted octanol–water partition coefficient (Wildman–Crippen LogP) is 0.616. The van der Waals surface area contributed by atoms with E-state index in [0.717, 1.165) is 4.88 Å². The Morgan fingerprint density at radius 3 is 2.95 bits per heavy atom. The number of nitrogens with two attached hydrogens (primary N) is 1. The van der Waals surface area contributed by atoms with Gasteiger partial charge in [0.2, 0.25) is 5.03 Å². The van der Waals surface area contributed by atoms with Crippen molar-refractivity contribution < 1.29 is 8.42 Å². The summed E-state index contributed by atoms with van der Waals surface area (Å²) in [5.74, 6) is 5.46. The van der Waals surface area contributed by atoms with Crippen molar-refractivity contribution in [2.45, 2.75) is 11.6 Å². The minimum atomic E-state index is -3.74. The van der Waals surface area contributed by atoms with Gasteiger partial charge in [-0.25, -0.2) is 19.0 Å². The zero-order valence-electron chi connectivity index (χ0n) is 9.98. The Bertz CT molecular complexity index is 819. The van der Waals surface area contributed by atoms with Crippen LogP contribution in [0, 0.1) is 0 Å². The lowest BCUT2D eigenvalue weighted by molar-refractivity contribution is 0.577. The summed E-state index contributed by atoms with van der Waals surface area (Å²) < 4.78 is 28.8. The molecule has 8 nitrogen and oxygen atoms in total. The van der Waals surface area contributed by atoms with E-state index in [9.17, 15) is 8.42 Å². The Morgan fingerprint density at radius 1 is 1.40 bits per heavy atom. The first-order chi connectivity index (χ1) is 9.62. The van der Waals surface area contributed by atoms with Crippen molar-refractivity contribution >= 4 is 43.5 Å². The molecule has 0 aliphatic rings. The van der Waals surface area contributed by atoms with Gasteiger partial charge in [0.25, 0.3) is 10.0 Å². The molecule has 3 rings (SSSR count). The molecule has 3 aromatic heterocycles. The van der Waals surface area contributed by atoms with Gasteiger partial charge >= 0.3 is 0 Å². The van der Waals surface area contributed by atoms with Gasteiger partial charge in [-0.3, -0.25) is 9.38 Å². The first kappa shape index (κ1) is 13.5. The van der Waals surface area contributed by atoms with E-state index in [2.05, 4.69) is 20.1 Å². The number of fused-ring (bicyclic) bond motifs is 1. The molecule has 0 bridgehead atoms. The second kappa shape index (κ2) is 5.10. The van der Waals surface area contributed by atoms with Gasteiger partial charge < -0.3 is 5.43 Å². The van der Waals surface area contributed by atoms with Crippen LogP contribution in [0.25, 0.3) is 4.96 Å². The molecule has 20 heavy (non-hydrogen) atoms. The molecular formula is C9H10N6O2S3. The monoisotopic (exact) mass is 330 g/mol. The highest BCUT2D eigenvalue weighted by atomic mass is 32.2. The van der Waals surface area contributed by atoms with Crippen LogP contribution in [-0.4, -0.2) is 22.8 Å². The highest BCUT2D eigenvalue weighted by Crippen LogP contribution is 2.25. The van der Waals surface area contributed by atoms with Gasteiger partial charge in [0, 0.05) is 29.2 Å². The topological polar surface area (TPSA) is 114 Å². The number of imidazole rings is 1. The Labute approximate surface area is 122 Å². The van der Waals surface area contributed by atoms with Crippen molar-refractivity contribution in [2.24, 2.45) is 5.84 Å². The molecule has 0 amide bonds. The number of anilines is 1. The highest BCUT2D eigenvalue weighted by Gasteiger charge is 2.25. The van der Waals surface area contributed by atoms with Crippen LogP contribution >= 0.6 is 22.7 Å². The Hall–Kier alpha value is -1.53. The first-order valence-corrected chi connectivity index (χ1v) is 8.65. The summed E-state index contributed by atoms with van der Waals surface area (Å²) in [4.78, 5) is 9.39. The van der Waals surface area contributed by atoms with Crippen LogP contribution in [0.2, 0.25) is 0 Å². The van der Waals surface area contributed by atoms with Crippen molar-refractivity contribution in [1.82, 2.24) is 19.1 Å². The van der Waals surface area contributed by atoms with Crippen molar-refractivity contribution in [3.8, 4) is 0 Å². The number of aromatic nitrogens is 3. The van der Waals surface area contributed by atoms with Crippen LogP contribution in [-0.2, 0) is 16.6 Å². The van der Waals surface area contributed by atoms with E-state index in [4.69, 9.17) is 5.84 Å². The summed E-state index contributed by atoms with van der Waals surface area (Å²) >= 11 is 2.70. The molecule has 0 unspecified atom stereocenters. The van der Waals surface area contributed by atoms with Crippen LogP contribution in [0.3, 0.4) is 0 Å². The lowest BCUT2D eigenvalue weighted by atomic mass is 10.6. The zero-order chi connectivity index (χ0) is 14.2. The number of hydrogen-bond donors (Lipinski definition) is 3. The summed E-state index contributed by atoms with van der Waals surface area (Å²) in [6.45, 7) is 0.175. The van der Waals surface area contributed by atoms with Crippen molar-refractivity contribution in [3.63, 3.8) is 0 Å². The maximum absolute atomic E-state index is 12.4. The lowest BCUT2D eigenvalue weighted by Gasteiger charge is -2.06. The maximum atomic E-state index is 12.4. The van der Waals surface area contributed by atoms with Crippen LogP contribution in [0.15, 0.2) is 28.3 Å². The third kappa shape index (κ3) is 2.29. The molecule has 0 radical (unpaired) electrons. The molecule has 0 aliphatic carbocycles. The van der Waals surface area contributed by atoms with E-state index < -0.39 is 10.0 Å². The second-order valence-corrected chi connectivity index (χ2v) is 7.28. The molecule has 0 saturated heterocycles. The van der Waals surface area contributed by atoms with Gasteiger partial charge in [0.1, 0.15) is 0 Å². The minimum Gasteiger partial charge on any atom is -0.306 e. The average Bonchev–Trinajstić information content (AvgIpc) is 3.11. The van der Waals surface area contributed by atoms with E-state index in [-0.39, 0.29) is 17.4 Å². The van der Waals surface area contributed by atoms with Gasteiger partial charge in [-0.1, -0.05) is 0 Å². The van der Waals surface area contributed by atoms with Gasteiger partial charge in [-0.05, 0) is 0 Å². The van der Waals surface area contributed by atoms with Gasteiger partial charge in [0.05, 0.1) is 5.51 Å². The normalized spacial score (nSPS) is 12.1. The number of thiazole rings is 2. The quantitative estimate of drug-likeness (QED) is 0.467. The average molecular weight is 330 g/mol. The summed E-state index contributed by atoms with van der Waals surface area (Å²) in [5.41, 5.74) is 3.96. The Kier molecular flexibility index (Phi) is 3.43. The van der Waals surface area contributed by atoms with E-state index >= 15 is 0 Å². The number of nitrogen functional groups attached to an aromatic ring is 1. The molecule has 4 N–H and O–H groups in total. The van der Waals surface area contributed by atoms with Crippen molar-refractivity contribution in [3.05, 3.63) is 28.2 Å². The van der Waals surface area contributed by atoms with E-state index in [1.807, 2.05) is 0 Å². The largest absolute Gasteiger partial charge is 0.306 e. The molecule has 0 aliphatic heterocycles. The summed E-state index contributed by atoms with van der Waals surface area (Å²) in [7, 11) is -3.74. The van der Waals surface area contributed by atoms with Crippen molar-refractivity contribution in [2.75, 3.05) is 5.43 Å². The SMILES string of the molecule is NNc1nc2sccn2c1S(=O)(=O)NCc1cncs1. The number of hydrazine groups is 1. The molecule has 0 spiro atoms. The van der Waals surface area contributed by atoms with Crippen LogP contribution < -0.4 is 16.0 Å². The van der Waals surface area contributed by atoms with Crippen LogP contribution in [0.4, 0.5) is 5.82 Å². The maximum Gasteiger partial charge on any atom is 0.260 e. The Balaban J connectivity index is 1.97. The molecule has 0 atom stereocenters. The van der Waals surface area contributed by atoms with E-state index in [1.165, 1.54) is 27.1 Å². The minimum absolute atomic E-state index is 0.000709. The highest BCUT2D eigenvalue weighted by molar-refractivity contribution is 7.89. The summed E-state index contributed by atoms with van der Waals surface area (Å²) in [6, 6.07) is 0. The fraction of sp³-hybridized carbons (Fsp3) is 0.111. The second-order valence-electron chi connectivity index (χ2n) is 3.76. The molecule has 3 heterocycles. The van der Waals surface area contributed by atoms with Gasteiger partial charge in [0.15, 0.2) is 10.8 Å². The summed E-state index contributed by atoms with van der Waals surface area (Å²) in [6.07, 6.45) is 3.25. The number of nitrogens with zero attached hydrogens (tertiary/aromatic N) is 3. The van der Waals surface area contributed by atoms with Crippen molar-refractivity contribution in [1.29, 1.82) is 0 Å². The standard InChI is InChI=1S/C9H10N6O2S3/c10-14-7-8(15-1-2-18-9(15)13-7)20(16,17)12-4-6-3-11-5-19-6/h1-3,5,12,14H,4,10H2. The molecule has 0 aromatic carbocycles. The molecule has 0 fully saturated rings. The lowest BCUT2D eigenvalue weighted by Crippen LogP contribution is -2.25. The molecule has 11 heteroatoms. The Morgan fingerprint density at radius 2 is 2.25 bits per heavy atom. The number of rotatable bonds is 5. The number of hydrogen-bond acceptors (Lipinski definition) is 8. The third-order valence-corrected chi connectivity index (χ3v) is 5.49. The third-order valence-electron chi connectivity index (χ3n) is 2.53. The smallest absolute Gasteiger partial charge is 0.260 e. The fourth-order valence-corrected chi connectivity index (χ4v) is 4.32. The number of nitrogens with one attached hydrogen (secondary N) is 2.